The van der Waals surface area contributed by atoms with Crippen molar-refractivity contribution in [2.45, 2.75) is 0 Å². The van der Waals surface area contributed by atoms with Gasteiger partial charge in [-0.2, -0.15) is 0 Å². The molecule has 2 aromatic carbocycles. The fourth-order valence-corrected chi connectivity index (χ4v) is 1.49. The van der Waals surface area contributed by atoms with Crippen LogP contribution in [0.5, 0.6) is 5.75 Å². The molecule has 70 valence electrons. The number of carbonyl (C=O) groups excluding carboxylic acids is 1. The predicted molar refractivity (Wildman–Crippen MR) is 55.9 cm³/mol. The molecule has 0 N–H and O–H groups in total. The van der Waals surface area contributed by atoms with Crippen molar-refractivity contribution < 1.29 is 13.6 Å². The molecule has 2 nitrogen and oxygen atoms in total. The van der Waals surface area contributed by atoms with Crippen LogP contribution in [0.25, 0.3) is 10.8 Å². The summed E-state index contributed by atoms with van der Waals surface area (Å²) in [5, 5.41) is 1.55. The van der Waals surface area contributed by atoms with Crippen LogP contribution in [0.15, 0.2) is 36.4 Å². The normalized spacial score (nSPS) is 14.1. The highest BCUT2D eigenvalue weighted by molar-refractivity contribution is 6.00. The molecule has 0 radical (unpaired) electrons. The molecule has 2 rings (SSSR count). The van der Waals surface area contributed by atoms with E-state index in [9.17, 15) is 4.79 Å². The van der Waals surface area contributed by atoms with Crippen LogP contribution in [-0.2, 0) is 0 Å². The monoisotopic (exact) mass is 189 g/mol. The molecule has 2 aromatic rings. The lowest BCUT2D eigenvalue weighted by Crippen LogP contribution is -1.91. The molecule has 0 atom stereocenters. The highest BCUT2D eigenvalue weighted by Crippen LogP contribution is 2.25. The van der Waals surface area contributed by atoms with Gasteiger partial charge in [0.2, 0.25) is 0 Å². The third-order valence-electron chi connectivity index (χ3n) is 2.16. The Morgan fingerprint density at radius 1 is 1.29 bits per heavy atom. The van der Waals surface area contributed by atoms with Gasteiger partial charge in [0.05, 0.1) is 16.7 Å². The molecule has 0 heterocycles. The van der Waals surface area contributed by atoms with Crippen molar-refractivity contribution >= 4 is 17.1 Å². The summed E-state index contributed by atoms with van der Waals surface area (Å²) in [4.78, 5) is 11.1. The number of fused-ring (bicyclic) bond motifs is 1. The Kier molecular flexibility index (Phi) is 1.45. The third-order valence-corrected chi connectivity index (χ3v) is 2.16. The van der Waals surface area contributed by atoms with Gasteiger partial charge < -0.3 is 4.74 Å². The zero-order chi connectivity index (χ0) is 12.5. The van der Waals surface area contributed by atoms with Crippen molar-refractivity contribution in [3.63, 3.8) is 0 Å². The van der Waals surface area contributed by atoms with Gasteiger partial charge in [-0.05, 0) is 16.8 Å². The molecule has 0 spiro atoms. The lowest BCUT2D eigenvalue weighted by Gasteiger charge is -2.06. The predicted octanol–water partition coefficient (Wildman–Crippen LogP) is 2.66. The molecule has 0 unspecified atom stereocenters. The average Bonchev–Trinajstić information content (AvgIpc) is 2.27. The van der Waals surface area contributed by atoms with Gasteiger partial charge in [-0.25, -0.2) is 0 Å². The molecular weight excluding hydrogens is 176 g/mol. The quantitative estimate of drug-likeness (QED) is 0.679. The van der Waals surface area contributed by atoms with Crippen LogP contribution < -0.4 is 4.74 Å². The lowest BCUT2D eigenvalue weighted by atomic mass is 10.0. The van der Waals surface area contributed by atoms with E-state index in [1.165, 1.54) is 6.07 Å². The molecule has 0 saturated carbocycles. The van der Waals surface area contributed by atoms with E-state index in [0.717, 1.165) is 5.39 Å². The fraction of sp³-hybridized carbons (Fsp3) is 0.0833. The molecule has 0 aliphatic rings. The van der Waals surface area contributed by atoms with Crippen LogP contribution >= 0.6 is 0 Å². The van der Waals surface area contributed by atoms with Gasteiger partial charge in [-0.15, -0.1) is 0 Å². The molecule has 0 bridgehead atoms. The highest BCUT2D eigenvalue weighted by Gasteiger charge is 2.05. The summed E-state index contributed by atoms with van der Waals surface area (Å²) in [6.45, 7) is 0. The first-order valence-electron chi connectivity index (χ1n) is 5.67. The van der Waals surface area contributed by atoms with Crippen molar-refractivity contribution in [3.8, 4) is 5.75 Å². The number of hydrogen-bond acceptors (Lipinski definition) is 2. The van der Waals surface area contributed by atoms with E-state index in [1.54, 1.807) is 18.2 Å². The molecule has 0 fully saturated rings. The molecule has 0 saturated heterocycles. The molecule has 0 aliphatic heterocycles. The number of methoxy groups -OCH3 is 1. The van der Waals surface area contributed by atoms with Crippen LogP contribution in [0, 0.1) is 0 Å². The average molecular weight is 189 g/mol. The minimum atomic E-state index is -2.56. The standard InChI is InChI=1S/C12H10O2/c1-14-12-7-6-9-4-2-3-5-10(9)11(12)8-13/h2-8H,1H3/i1D3. The van der Waals surface area contributed by atoms with E-state index in [-0.39, 0.29) is 11.3 Å². The Labute approximate surface area is 86.3 Å². The van der Waals surface area contributed by atoms with Crippen LogP contribution in [0.1, 0.15) is 14.5 Å². The highest BCUT2D eigenvalue weighted by atomic mass is 16.5. The number of rotatable bonds is 2. The number of benzene rings is 2. The molecule has 14 heavy (non-hydrogen) atoms. The first-order valence-corrected chi connectivity index (χ1v) is 4.17. The minimum absolute atomic E-state index is 0.0821. The van der Waals surface area contributed by atoms with Gasteiger partial charge in [0.1, 0.15) is 5.75 Å². The summed E-state index contributed by atoms with van der Waals surface area (Å²) in [6.07, 6.45) is 0.614. The van der Waals surface area contributed by atoms with Crippen molar-refractivity contribution in [2.24, 2.45) is 0 Å². The van der Waals surface area contributed by atoms with Crippen molar-refractivity contribution in [1.29, 1.82) is 0 Å². The minimum Gasteiger partial charge on any atom is -0.496 e. The maximum Gasteiger partial charge on any atom is 0.154 e. The Bertz CT molecular complexity index is 561. The molecule has 0 amide bonds. The van der Waals surface area contributed by atoms with Crippen LogP contribution in [0.3, 0.4) is 0 Å². The van der Waals surface area contributed by atoms with E-state index < -0.39 is 7.04 Å². The molecular formula is C12H10O2. The first-order chi connectivity index (χ1) is 8.01. The summed E-state index contributed by atoms with van der Waals surface area (Å²) >= 11 is 0. The van der Waals surface area contributed by atoms with Crippen molar-refractivity contribution in [1.82, 2.24) is 0 Å². The zero-order valence-electron chi connectivity index (χ0n) is 10.4. The van der Waals surface area contributed by atoms with Gasteiger partial charge in [0, 0.05) is 0 Å². The molecule has 0 aliphatic carbocycles. The zero-order valence-corrected chi connectivity index (χ0v) is 7.36. The second kappa shape index (κ2) is 3.50. The summed E-state index contributed by atoms with van der Waals surface area (Å²) in [6, 6.07) is 10.5. The SMILES string of the molecule is [2H]C([2H])([2H])Oc1ccc2ccccc2c1C=O. The summed E-state index contributed by atoms with van der Waals surface area (Å²) < 4.78 is 25.9. The van der Waals surface area contributed by atoms with Crippen LogP contribution in [0.2, 0.25) is 0 Å². The van der Waals surface area contributed by atoms with Gasteiger partial charge in [-0.1, -0.05) is 30.3 Å². The van der Waals surface area contributed by atoms with Crippen LogP contribution in [-0.4, -0.2) is 13.3 Å². The number of hydrogen-bond donors (Lipinski definition) is 0. The molecule has 2 heteroatoms. The molecule has 0 aromatic heterocycles. The summed E-state index contributed by atoms with van der Waals surface area (Å²) in [5.41, 5.74) is 0.263. The smallest absolute Gasteiger partial charge is 0.154 e. The lowest BCUT2D eigenvalue weighted by molar-refractivity contribution is 0.112. The fourth-order valence-electron chi connectivity index (χ4n) is 1.49. The Hall–Kier alpha value is -1.83. The van der Waals surface area contributed by atoms with Crippen molar-refractivity contribution in [3.05, 3.63) is 42.0 Å². The van der Waals surface area contributed by atoms with Crippen LogP contribution in [0.4, 0.5) is 0 Å². The van der Waals surface area contributed by atoms with E-state index in [0.29, 0.717) is 11.7 Å². The van der Waals surface area contributed by atoms with Gasteiger partial charge in [-0.3, -0.25) is 4.79 Å². The maximum atomic E-state index is 11.1. The largest absolute Gasteiger partial charge is 0.496 e. The van der Waals surface area contributed by atoms with Crippen molar-refractivity contribution in [2.75, 3.05) is 7.04 Å². The Morgan fingerprint density at radius 2 is 2.14 bits per heavy atom. The first kappa shape index (κ1) is 5.81. The maximum absolute atomic E-state index is 11.1. The topological polar surface area (TPSA) is 26.3 Å². The van der Waals surface area contributed by atoms with Gasteiger partial charge in [0.15, 0.2) is 6.29 Å². The number of ether oxygens (including phenoxy) is 1. The number of aldehydes is 1. The number of carbonyl (C=O) groups is 1. The van der Waals surface area contributed by atoms with Gasteiger partial charge in [0.25, 0.3) is 0 Å². The van der Waals surface area contributed by atoms with E-state index in [2.05, 4.69) is 0 Å². The van der Waals surface area contributed by atoms with E-state index >= 15 is 0 Å². The third kappa shape index (κ3) is 1.25. The second-order valence-corrected chi connectivity index (χ2v) is 2.92. The Balaban J connectivity index is 2.61. The second-order valence-electron chi connectivity index (χ2n) is 2.92. The Morgan fingerprint density at radius 3 is 2.93 bits per heavy atom. The summed E-state index contributed by atoms with van der Waals surface area (Å²) in [5.74, 6) is 0.0821. The van der Waals surface area contributed by atoms with Gasteiger partial charge >= 0.3 is 0 Å². The van der Waals surface area contributed by atoms with E-state index in [1.807, 2.05) is 12.1 Å². The summed E-state index contributed by atoms with van der Waals surface area (Å²) in [7, 11) is -2.56. The van der Waals surface area contributed by atoms with E-state index in [4.69, 9.17) is 8.85 Å².